The Bertz CT molecular complexity index is 378. The Hall–Kier alpha value is -1.50. The fraction of sp³-hybridized carbons (Fsp3) is 0.500. The van der Waals surface area contributed by atoms with E-state index in [9.17, 15) is 9.59 Å². The molecule has 2 rings (SSSR count). The monoisotopic (exact) mass is 227 g/mol. The third-order valence-corrected chi connectivity index (χ3v) is 2.88. The molecule has 1 aliphatic heterocycles. The van der Waals surface area contributed by atoms with Crippen molar-refractivity contribution in [1.82, 2.24) is 14.5 Å². The summed E-state index contributed by atoms with van der Waals surface area (Å²) in [5.74, 6) is -1.29. The van der Waals surface area contributed by atoms with Crippen LogP contribution in [0.25, 0.3) is 0 Å². The molecule has 0 saturated carbocycles. The van der Waals surface area contributed by atoms with Crippen LogP contribution in [0.15, 0.2) is 5.38 Å². The van der Waals surface area contributed by atoms with Gasteiger partial charge in [-0.25, -0.2) is 4.79 Å². The van der Waals surface area contributed by atoms with Crippen LogP contribution in [0.3, 0.4) is 0 Å². The lowest BCUT2D eigenvalue weighted by molar-refractivity contribution is -0.141. The van der Waals surface area contributed by atoms with Crippen LogP contribution in [0.2, 0.25) is 0 Å². The highest BCUT2D eigenvalue weighted by molar-refractivity contribution is 7.03. The van der Waals surface area contributed by atoms with Crippen LogP contribution < -0.4 is 0 Å². The third-order valence-electron chi connectivity index (χ3n) is 2.38. The maximum absolute atomic E-state index is 11.8. The lowest BCUT2D eigenvalue weighted by Crippen LogP contribution is -2.40. The number of rotatable bonds is 2. The molecule has 7 heteroatoms. The first-order valence-corrected chi connectivity index (χ1v) is 5.34. The summed E-state index contributed by atoms with van der Waals surface area (Å²) in [4.78, 5) is 24.0. The van der Waals surface area contributed by atoms with E-state index in [1.165, 1.54) is 10.3 Å². The van der Waals surface area contributed by atoms with Crippen LogP contribution >= 0.6 is 11.5 Å². The first-order chi connectivity index (χ1) is 7.20. The van der Waals surface area contributed by atoms with Gasteiger partial charge in [-0.3, -0.25) is 4.79 Å². The van der Waals surface area contributed by atoms with Crippen molar-refractivity contribution >= 4 is 23.4 Å². The maximum Gasteiger partial charge on any atom is 0.326 e. The van der Waals surface area contributed by atoms with Crippen LogP contribution in [0.5, 0.6) is 0 Å². The molecule has 1 aromatic rings. The van der Waals surface area contributed by atoms with E-state index >= 15 is 0 Å². The molecule has 6 nitrogen and oxygen atoms in total. The number of carbonyl (C=O) groups is 2. The summed E-state index contributed by atoms with van der Waals surface area (Å²) < 4.78 is 3.58. The molecule has 0 aliphatic carbocycles. The number of likely N-dealkylation sites (tertiary alicyclic amines) is 1. The second kappa shape index (κ2) is 3.93. The highest BCUT2D eigenvalue weighted by Gasteiger charge is 2.35. The molecule has 1 aromatic heterocycles. The van der Waals surface area contributed by atoms with Crippen molar-refractivity contribution < 1.29 is 14.7 Å². The average molecular weight is 227 g/mol. The van der Waals surface area contributed by atoms with E-state index in [-0.39, 0.29) is 11.6 Å². The second-order valence-electron chi connectivity index (χ2n) is 3.28. The summed E-state index contributed by atoms with van der Waals surface area (Å²) in [6.45, 7) is 0.479. The smallest absolute Gasteiger partial charge is 0.326 e. The molecule has 0 radical (unpaired) electrons. The first-order valence-electron chi connectivity index (χ1n) is 4.51. The van der Waals surface area contributed by atoms with Gasteiger partial charge in [-0.15, -0.1) is 5.10 Å². The van der Waals surface area contributed by atoms with E-state index in [1.807, 2.05) is 0 Å². The minimum absolute atomic E-state index is 0.230. The zero-order valence-corrected chi connectivity index (χ0v) is 8.61. The Labute approximate surface area is 89.7 Å². The van der Waals surface area contributed by atoms with Gasteiger partial charge in [0, 0.05) is 11.9 Å². The summed E-state index contributed by atoms with van der Waals surface area (Å²) in [5, 5.41) is 14.1. The van der Waals surface area contributed by atoms with E-state index in [0.717, 1.165) is 18.0 Å². The normalized spacial score (nSPS) is 20.5. The number of amides is 1. The molecule has 1 atom stereocenters. The summed E-state index contributed by atoms with van der Waals surface area (Å²) >= 11 is 1.08. The van der Waals surface area contributed by atoms with Crippen molar-refractivity contribution in [1.29, 1.82) is 0 Å². The number of nitrogens with zero attached hydrogens (tertiary/aromatic N) is 3. The molecule has 0 aromatic carbocycles. The lowest BCUT2D eigenvalue weighted by atomic mass is 10.2. The zero-order valence-electron chi connectivity index (χ0n) is 7.79. The van der Waals surface area contributed by atoms with Crippen molar-refractivity contribution in [3.05, 3.63) is 11.1 Å². The van der Waals surface area contributed by atoms with Crippen LogP contribution in [0.4, 0.5) is 0 Å². The summed E-state index contributed by atoms with van der Waals surface area (Å²) in [6, 6.07) is -0.709. The fourth-order valence-electron chi connectivity index (χ4n) is 1.67. The van der Waals surface area contributed by atoms with E-state index in [1.54, 1.807) is 0 Å². The Morgan fingerprint density at radius 2 is 2.40 bits per heavy atom. The SMILES string of the molecule is O=C(O)[C@@H]1CCCN1C(=O)c1csnn1. The molecule has 1 amide bonds. The molecule has 0 bridgehead atoms. The number of aromatic nitrogens is 2. The molecule has 0 spiro atoms. The van der Waals surface area contributed by atoms with Crippen molar-refractivity contribution in [2.75, 3.05) is 6.54 Å². The largest absolute Gasteiger partial charge is 0.480 e. The maximum atomic E-state index is 11.8. The topological polar surface area (TPSA) is 83.4 Å². The molecule has 1 aliphatic rings. The number of hydrogen-bond donors (Lipinski definition) is 1. The number of carboxylic acid groups (broad SMARTS) is 1. The van der Waals surface area contributed by atoms with Gasteiger partial charge in [-0.2, -0.15) is 0 Å². The summed E-state index contributed by atoms with van der Waals surface area (Å²) in [5.41, 5.74) is 0.230. The first kappa shape index (κ1) is 10.0. The van der Waals surface area contributed by atoms with Gasteiger partial charge in [0.05, 0.1) is 0 Å². The van der Waals surface area contributed by atoms with Crippen LogP contribution in [0, 0.1) is 0 Å². The molecule has 1 N–H and O–H groups in total. The lowest BCUT2D eigenvalue weighted by Gasteiger charge is -2.19. The van der Waals surface area contributed by atoms with Crippen molar-refractivity contribution in [2.24, 2.45) is 0 Å². The summed E-state index contributed by atoms with van der Waals surface area (Å²) in [6.07, 6.45) is 1.24. The number of aliphatic carboxylic acids is 1. The van der Waals surface area contributed by atoms with Crippen molar-refractivity contribution in [2.45, 2.75) is 18.9 Å². The van der Waals surface area contributed by atoms with Gasteiger partial charge < -0.3 is 10.0 Å². The predicted octanol–water partition coefficient (Wildman–Crippen LogP) is 0.227. The Balaban J connectivity index is 2.17. The van der Waals surface area contributed by atoms with Gasteiger partial charge in [0.1, 0.15) is 6.04 Å². The van der Waals surface area contributed by atoms with E-state index in [0.29, 0.717) is 13.0 Å². The average Bonchev–Trinajstić information content (AvgIpc) is 2.88. The van der Waals surface area contributed by atoms with Crippen molar-refractivity contribution in [3.63, 3.8) is 0 Å². The second-order valence-corrected chi connectivity index (χ2v) is 3.89. The Kier molecular flexibility index (Phi) is 2.63. The quantitative estimate of drug-likeness (QED) is 0.781. The van der Waals surface area contributed by atoms with Gasteiger partial charge in [0.2, 0.25) is 0 Å². The molecule has 80 valence electrons. The van der Waals surface area contributed by atoms with Crippen LogP contribution in [-0.2, 0) is 4.79 Å². The molecule has 1 fully saturated rings. The minimum Gasteiger partial charge on any atom is -0.480 e. The molecular weight excluding hydrogens is 218 g/mol. The zero-order chi connectivity index (χ0) is 10.8. The molecule has 2 heterocycles. The van der Waals surface area contributed by atoms with Gasteiger partial charge in [0.25, 0.3) is 5.91 Å². The molecule has 1 saturated heterocycles. The van der Waals surface area contributed by atoms with Gasteiger partial charge in [0.15, 0.2) is 5.69 Å². The highest BCUT2D eigenvalue weighted by atomic mass is 32.1. The van der Waals surface area contributed by atoms with Gasteiger partial charge >= 0.3 is 5.97 Å². The predicted molar refractivity (Wildman–Crippen MR) is 51.6 cm³/mol. The number of carboxylic acids is 1. The standard InChI is InChI=1S/C8H9N3O3S/c12-7(5-4-15-10-9-5)11-3-1-2-6(11)8(13)14/h4,6H,1-3H2,(H,13,14)/t6-/m0/s1. The minimum atomic E-state index is -0.955. The fourth-order valence-corrected chi connectivity index (χ4v) is 2.10. The molecule has 0 unspecified atom stereocenters. The van der Waals surface area contributed by atoms with Gasteiger partial charge in [-0.1, -0.05) is 4.49 Å². The number of hydrogen-bond acceptors (Lipinski definition) is 5. The third kappa shape index (κ3) is 1.82. The Morgan fingerprint density at radius 1 is 1.60 bits per heavy atom. The van der Waals surface area contributed by atoms with Crippen LogP contribution in [0.1, 0.15) is 23.3 Å². The van der Waals surface area contributed by atoms with E-state index in [4.69, 9.17) is 5.11 Å². The number of carbonyl (C=O) groups excluding carboxylic acids is 1. The summed E-state index contributed by atoms with van der Waals surface area (Å²) in [7, 11) is 0. The molecule has 15 heavy (non-hydrogen) atoms. The van der Waals surface area contributed by atoms with E-state index < -0.39 is 12.0 Å². The van der Waals surface area contributed by atoms with E-state index in [2.05, 4.69) is 9.59 Å². The highest BCUT2D eigenvalue weighted by Crippen LogP contribution is 2.19. The Morgan fingerprint density at radius 3 is 3.00 bits per heavy atom. The van der Waals surface area contributed by atoms with Crippen molar-refractivity contribution in [3.8, 4) is 0 Å². The molecular formula is C8H9N3O3S. The van der Waals surface area contributed by atoms with Crippen LogP contribution in [-0.4, -0.2) is 44.1 Å². The van der Waals surface area contributed by atoms with Gasteiger partial charge in [-0.05, 0) is 24.4 Å².